The van der Waals surface area contributed by atoms with Gasteiger partial charge in [-0.3, -0.25) is 0 Å². The van der Waals surface area contributed by atoms with Gasteiger partial charge < -0.3 is 9.64 Å². The molecule has 0 radical (unpaired) electrons. The molecule has 100 valence electrons. The number of hydrogen-bond acceptors (Lipinski definition) is 2. The predicted octanol–water partition coefficient (Wildman–Crippen LogP) is 4.21. The number of rotatable bonds is 4. The van der Waals surface area contributed by atoms with Crippen molar-refractivity contribution in [2.24, 2.45) is 5.92 Å². The zero-order chi connectivity index (χ0) is 13.0. The van der Waals surface area contributed by atoms with Crippen LogP contribution in [0.5, 0.6) is 0 Å². The Balaban J connectivity index is 2.10. The van der Waals surface area contributed by atoms with E-state index in [4.69, 9.17) is 4.74 Å². The normalized spacial score (nSPS) is 20.2. The average molecular weight is 377 g/mol. The minimum Gasteiger partial charge on any atom is -0.384 e. The molecule has 1 heterocycles. The van der Waals surface area contributed by atoms with E-state index in [0.717, 1.165) is 25.0 Å². The molecule has 18 heavy (non-hydrogen) atoms. The van der Waals surface area contributed by atoms with Crippen LogP contribution in [0.25, 0.3) is 0 Å². The lowest BCUT2D eigenvalue weighted by atomic mass is 9.98. The average Bonchev–Trinajstić information content (AvgIpc) is 2.39. The van der Waals surface area contributed by atoms with Crippen LogP contribution in [0.2, 0.25) is 0 Å². The van der Waals surface area contributed by atoms with Crippen molar-refractivity contribution in [3.05, 3.63) is 28.2 Å². The van der Waals surface area contributed by atoms with Crippen molar-refractivity contribution in [3.63, 3.8) is 0 Å². The van der Waals surface area contributed by atoms with Gasteiger partial charge in [0.2, 0.25) is 0 Å². The van der Waals surface area contributed by atoms with Crippen molar-refractivity contribution in [2.45, 2.75) is 18.2 Å². The van der Waals surface area contributed by atoms with Gasteiger partial charge in [0.1, 0.15) is 0 Å². The molecule has 1 atom stereocenters. The molecule has 0 aromatic heterocycles. The molecule has 0 spiro atoms. The van der Waals surface area contributed by atoms with Crippen LogP contribution in [-0.2, 0) is 10.1 Å². The summed E-state index contributed by atoms with van der Waals surface area (Å²) in [5.41, 5.74) is 2.61. The maximum atomic E-state index is 5.29. The number of methoxy groups -OCH3 is 1. The van der Waals surface area contributed by atoms with Gasteiger partial charge in [0.15, 0.2) is 0 Å². The Morgan fingerprint density at radius 1 is 1.44 bits per heavy atom. The third-order valence-electron chi connectivity index (χ3n) is 3.43. The summed E-state index contributed by atoms with van der Waals surface area (Å²) in [7, 11) is 1.79. The topological polar surface area (TPSA) is 12.5 Å². The Labute approximate surface area is 126 Å². The zero-order valence-electron chi connectivity index (χ0n) is 10.7. The largest absolute Gasteiger partial charge is 0.384 e. The first kappa shape index (κ1) is 14.4. The number of benzene rings is 1. The minimum atomic E-state index is 0.659. The van der Waals surface area contributed by atoms with Crippen LogP contribution in [-0.4, -0.2) is 26.8 Å². The highest BCUT2D eigenvalue weighted by molar-refractivity contribution is 9.10. The van der Waals surface area contributed by atoms with Gasteiger partial charge in [-0.1, -0.05) is 22.0 Å². The van der Waals surface area contributed by atoms with E-state index < -0.39 is 0 Å². The standard InChI is InChI=1S/C14H19Br2NO/c1-18-10-12-3-2-6-17(9-12)14-5-4-11(8-15)7-13(14)16/h4-5,7,12H,2-3,6,8-10H2,1H3. The molecular weight excluding hydrogens is 358 g/mol. The van der Waals surface area contributed by atoms with E-state index in [1.54, 1.807) is 7.11 Å². The number of alkyl halides is 1. The Bertz CT molecular complexity index is 395. The van der Waals surface area contributed by atoms with Crippen LogP contribution in [0.1, 0.15) is 18.4 Å². The Morgan fingerprint density at radius 2 is 2.28 bits per heavy atom. The second-order valence-electron chi connectivity index (χ2n) is 4.83. The fraction of sp³-hybridized carbons (Fsp3) is 0.571. The van der Waals surface area contributed by atoms with Crippen LogP contribution in [0.4, 0.5) is 5.69 Å². The van der Waals surface area contributed by atoms with Gasteiger partial charge in [-0.05, 0) is 52.4 Å². The molecule has 0 saturated carbocycles. The van der Waals surface area contributed by atoms with E-state index in [-0.39, 0.29) is 0 Å². The van der Waals surface area contributed by atoms with E-state index in [1.807, 2.05) is 0 Å². The lowest BCUT2D eigenvalue weighted by molar-refractivity contribution is 0.143. The monoisotopic (exact) mass is 375 g/mol. The predicted molar refractivity (Wildman–Crippen MR) is 83.6 cm³/mol. The Kier molecular flexibility index (Phi) is 5.52. The van der Waals surface area contributed by atoms with Gasteiger partial charge in [-0.2, -0.15) is 0 Å². The van der Waals surface area contributed by atoms with Crippen LogP contribution in [0, 0.1) is 5.92 Å². The van der Waals surface area contributed by atoms with Gasteiger partial charge >= 0.3 is 0 Å². The van der Waals surface area contributed by atoms with Crippen molar-refractivity contribution in [1.82, 2.24) is 0 Å². The van der Waals surface area contributed by atoms with Crippen molar-refractivity contribution in [1.29, 1.82) is 0 Å². The molecule has 1 fully saturated rings. The van der Waals surface area contributed by atoms with E-state index in [0.29, 0.717) is 5.92 Å². The highest BCUT2D eigenvalue weighted by Gasteiger charge is 2.21. The summed E-state index contributed by atoms with van der Waals surface area (Å²) < 4.78 is 6.48. The van der Waals surface area contributed by atoms with Crippen LogP contribution in [0.15, 0.2) is 22.7 Å². The number of hydrogen-bond donors (Lipinski definition) is 0. The molecule has 1 aromatic rings. The summed E-state index contributed by atoms with van der Waals surface area (Å²) >= 11 is 7.18. The fourth-order valence-electron chi connectivity index (χ4n) is 2.55. The van der Waals surface area contributed by atoms with E-state index in [9.17, 15) is 0 Å². The molecule has 4 heteroatoms. The van der Waals surface area contributed by atoms with Crippen molar-refractivity contribution in [3.8, 4) is 0 Å². The van der Waals surface area contributed by atoms with Gasteiger partial charge in [-0.15, -0.1) is 0 Å². The minimum absolute atomic E-state index is 0.659. The molecule has 1 unspecified atom stereocenters. The highest BCUT2D eigenvalue weighted by Crippen LogP contribution is 2.31. The van der Waals surface area contributed by atoms with Crippen molar-refractivity contribution < 1.29 is 4.74 Å². The molecule has 1 aromatic carbocycles. The lowest BCUT2D eigenvalue weighted by Crippen LogP contribution is -2.37. The second kappa shape index (κ2) is 6.92. The maximum Gasteiger partial charge on any atom is 0.0510 e. The first-order valence-corrected chi connectivity index (χ1v) is 8.24. The molecule has 1 saturated heterocycles. The van der Waals surface area contributed by atoms with Crippen LogP contribution in [0.3, 0.4) is 0 Å². The summed E-state index contributed by atoms with van der Waals surface area (Å²) in [6.45, 7) is 3.11. The third-order valence-corrected chi connectivity index (χ3v) is 4.71. The molecule has 0 amide bonds. The summed E-state index contributed by atoms with van der Waals surface area (Å²) in [4.78, 5) is 2.47. The van der Waals surface area contributed by atoms with Gasteiger partial charge in [0, 0.05) is 30.0 Å². The zero-order valence-corrected chi connectivity index (χ0v) is 13.8. The number of nitrogens with zero attached hydrogens (tertiary/aromatic N) is 1. The maximum absolute atomic E-state index is 5.29. The van der Waals surface area contributed by atoms with Crippen molar-refractivity contribution >= 4 is 37.5 Å². The van der Waals surface area contributed by atoms with Gasteiger partial charge in [0.25, 0.3) is 0 Å². The Hall–Kier alpha value is -0.0600. The second-order valence-corrected chi connectivity index (χ2v) is 6.24. The number of halogens is 2. The van der Waals surface area contributed by atoms with E-state index in [2.05, 4.69) is 55.0 Å². The fourth-order valence-corrected chi connectivity index (χ4v) is 3.57. The number of anilines is 1. The lowest BCUT2D eigenvalue weighted by Gasteiger charge is -2.34. The molecule has 0 N–H and O–H groups in total. The molecule has 1 aliphatic rings. The number of piperidine rings is 1. The molecule has 2 nitrogen and oxygen atoms in total. The molecule has 0 bridgehead atoms. The first-order valence-electron chi connectivity index (χ1n) is 6.33. The van der Waals surface area contributed by atoms with Gasteiger partial charge in [0.05, 0.1) is 12.3 Å². The third kappa shape index (κ3) is 3.49. The molecular formula is C14H19Br2NO. The molecule has 2 rings (SSSR count). The summed E-state index contributed by atoms with van der Waals surface area (Å²) in [5, 5.41) is 0.901. The Morgan fingerprint density at radius 3 is 2.94 bits per heavy atom. The summed E-state index contributed by atoms with van der Waals surface area (Å²) in [6.07, 6.45) is 2.53. The quantitative estimate of drug-likeness (QED) is 0.730. The van der Waals surface area contributed by atoms with Gasteiger partial charge in [-0.25, -0.2) is 0 Å². The smallest absolute Gasteiger partial charge is 0.0510 e. The molecule has 1 aliphatic heterocycles. The van der Waals surface area contributed by atoms with Crippen LogP contribution < -0.4 is 4.90 Å². The van der Waals surface area contributed by atoms with E-state index >= 15 is 0 Å². The van der Waals surface area contributed by atoms with Crippen molar-refractivity contribution in [2.75, 3.05) is 31.7 Å². The SMILES string of the molecule is COCC1CCCN(c2ccc(CBr)cc2Br)C1. The highest BCUT2D eigenvalue weighted by atomic mass is 79.9. The first-order chi connectivity index (χ1) is 8.74. The summed E-state index contributed by atoms with van der Waals surface area (Å²) in [5.74, 6) is 0.659. The number of ether oxygens (including phenoxy) is 1. The van der Waals surface area contributed by atoms with Crippen LogP contribution >= 0.6 is 31.9 Å². The molecule has 0 aliphatic carbocycles. The van der Waals surface area contributed by atoms with E-state index in [1.165, 1.54) is 28.6 Å². The summed E-state index contributed by atoms with van der Waals surface area (Å²) in [6, 6.07) is 6.61.